The van der Waals surface area contributed by atoms with Crippen LogP contribution in [-0.4, -0.2) is 18.2 Å². The summed E-state index contributed by atoms with van der Waals surface area (Å²) < 4.78 is 13.1. The highest BCUT2D eigenvalue weighted by molar-refractivity contribution is 5.32. The van der Waals surface area contributed by atoms with Gasteiger partial charge in [-0.1, -0.05) is 6.07 Å². The van der Waals surface area contributed by atoms with E-state index in [1.165, 1.54) is 12.1 Å². The Hall–Kier alpha value is -0.930. The van der Waals surface area contributed by atoms with Crippen molar-refractivity contribution in [1.29, 1.82) is 0 Å². The molecule has 0 bridgehead atoms. The first-order valence-corrected chi connectivity index (χ1v) is 6.21. The zero-order chi connectivity index (χ0) is 12.5. The SMILES string of the molecule is Cc1cc(F)ccc1C(C)(O)C1CCCNC1. The number of halogens is 1. The normalized spacial score (nSPS) is 24.4. The van der Waals surface area contributed by atoms with Crippen LogP contribution >= 0.6 is 0 Å². The summed E-state index contributed by atoms with van der Waals surface area (Å²) in [5, 5.41) is 14.0. The lowest BCUT2D eigenvalue weighted by molar-refractivity contribution is -0.0162. The molecule has 0 radical (unpaired) electrons. The molecule has 94 valence electrons. The summed E-state index contributed by atoms with van der Waals surface area (Å²) in [6.45, 7) is 5.53. The highest BCUT2D eigenvalue weighted by atomic mass is 19.1. The van der Waals surface area contributed by atoms with Gasteiger partial charge in [0.25, 0.3) is 0 Å². The van der Waals surface area contributed by atoms with Gasteiger partial charge in [-0.25, -0.2) is 4.39 Å². The van der Waals surface area contributed by atoms with Crippen molar-refractivity contribution in [3.8, 4) is 0 Å². The Morgan fingerprint density at radius 1 is 1.47 bits per heavy atom. The zero-order valence-electron chi connectivity index (χ0n) is 10.5. The van der Waals surface area contributed by atoms with Gasteiger partial charge in [-0.3, -0.25) is 0 Å². The second kappa shape index (κ2) is 4.75. The monoisotopic (exact) mass is 237 g/mol. The van der Waals surface area contributed by atoms with Crippen LogP contribution in [0.2, 0.25) is 0 Å². The molecular formula is C14H20FNO. The van der Waals surface area contributed by atoms with Crippen LogP contribution in [0.5, 0.6) is 0 Å². The van der Waals surface area contributed by atoms with Gasteiger partial charge in [-0.15, -0.1) is 0 Å². The molecule has 2 rings (SSSR count). The van der Waals surface area contributed by atoms with Gasteiger partial charge in [-0.2, -0.15) is 0 Å². The Morgan fingerprint density at radius 2 is 2.24 bits per heavy atom. The third kappa shape index (κ3) is 2.50. The first-order chi connectivity index (χ1) is 8.01. The van der Waals surface area contributed by atoms with E-state index in [2.05, 4.69) is 5.32 Å². The molecule has 3 heteroatoms. The number of benzene rings is 1. The zero-order valence-corrected chi connectivity index (χ0v) is 10.5. The first-order valence-electron chi connectivity index (χ1n) is 6.21. The van der Waals surface area contributed by atoms with Gasteiger partial charge < -0.3 is 10.4 Å². The molecule has 1 fully saturated rings. The average Bonchev–Trinajstić information content (AvgIpc) is 2.29. The average molecular weight is 237 g/mol. The fourth-order valence-corrected chi connectivity index (χ4v) is 2.75. The van der Waals surface area contributed by atoms with E-state index in [0.717, 1.165) is 37.1 Å². The van der Waals surface area contributed by atoms with Crippen LogP contribution in [0.25, 0.3) is 0 Å². The minimum absolute atomic E-state index is 0.195. The number of aryl methyl sites for hydroxylation is 1. The smallest absolute Gasteiger partial charge is 0.123 e. The largest absolute Gasteiger partial charge is 0.385 e. The molecule has 2 atom stereocenters. The van der Waals surface area contributed by atoms with Crippen molar-refractivity contribution in [2.75, 3.05) is 13.1 Å². The Labute approximate surface area is 102 Å². The molecule has 1 aliphatic heterocycles. The van der Waals surface area contributed by atoms with E-state index in [0.29, 0.717) is 0 Å². The van der Waals surface area contributed by atoms with Gasteiger partial charge in [0.2, 0.25) is 0 Å². The van der Waals surface area contributed by atoms with Gasteiger partial charge in [-0.05, 0) is 56.5 Å². The molecule has 1 heterocycles. The van der Waals surface area contributed by atoms with E-state index < -0.39 is 5.60 Å². The molecule has 0 aromatic heterocycles. The van der Waals surface area contributed by atoms with Crippen molar-refractivity contribution in [1.82, 2.24) is 5.32 Å². The van der Waals surface area contributed by atoms with Crippen LogP contribution < -0.4 is 5.32 Å². The maximum atomic E-state index is 13.1. The molecule has 2 nitrogen and oxygen atoms in total. The molecule has 0 amide bonds. The molecule has 17 heavy (non-hydrogen) atoms. The number of hydrogen-bond donors (Lipinski definition) is 2. The Morgan fingerprint density at radius 3 is 2.82 bits per heavy atom. The summed E-state index contributed by atoms with van der Waals surface area (Å²) in [6, 6.07) is 4.62. The molecule has 1 aliphatic rings. The van der Waals surface area contributed by atoms with E-state index >= 15 is 0 Å². The van der Waals surface area contributed by atoms with Crippen LogP contribution in [0.4, 0.5) is 4.39 Å². The van der Waals surface area contributed by atoms with Crippen molar-refractivity contribution >= 4 is 0 Å². The molecule has 2 unspecified atom stereocenters. The van der Waals surface area contributed by atoms with Crippen LogP contribution in [0.1, 0.15) is 30.9 Å². The lowest BCUT2D eigenvalue weighted by atomic mass is 9.77. The third-order valence-electron chi connectivity index (χ3n) is 3.83. The van der Waals surface area contributed by atoms with Gasteiger partial charge in [0.05, 0.1) is 5.60 Å². The van der Waals surface area contributed by atoms with E-state index in [1.807, 2.05) is 13.8 Å². The van der Waals surface area contributed by atoms with E-state index in [9.17, 15) is 9.50 Å². The van der Waals surface area contributed by atoms with Crippen LogP contribution in [0.3, 0.4) is 0 Å². The predicted molar refractivity (Wildman–Crippen MR) is 66.3 cm³/mol. The minimum Gasteiger partial charge on any atom is -0.385 e. The molecule has 0 aliphatic carbocycles. The fraction of sp³-hybridized carbons (Fsp3) is 0.571. The molecule has 0 spiro atoms. The van der Waals surface area contributed by atoms with Gasteiger partial charge in [0, 0.05) is 12.5 Å². The van der Waals surface area contributed by atoms with Crippen LogP contribution in [0, 0.1) is 18.7 Å². The minimum atomic E-state index is -0.884. The topological polar surface area (TPSA) is 32.3 Å². The fourth-order valence-electron chi connectivity index (χ4n) is 2.75. The molecular weight excluding hydrogens is 217 g/mol. The summed E-state index contributed by atoms with van der Waals surface area (Å²) in [5.41, 5.74) is 0.777. The number of rotatable bonds is 2. The summed E-state index contributed by atoms with van der Waals surface area (Å²) in [6.07, 6.45) is 2.10. The first kappa shape index (κ1) is 12.5. The number of nitrogens with one attached hydrogen (secondary N) is 1. The molecule has 0 saturated carbocycles. The third-order valence-corrected chi connectivity index (χ3v) is 3.83. The Bertz CT molecular complexity index is 397. The second-order valence-corrected chi connectivity index (χ2v) is 5.15. The van der Waals surface area contributed by atoms with E-state index in [4.69, 9.17) is 0 Å². The van der Waals surface area contributed by atoms with Crippen LogP contribution in [-0.2, 0) is 5.60 Å². The number of hydrogen-bond acceptors (Lipinski definition) is 2. The lowest BCUT2D eigenvalue weighted by Crippen LogP contribution is -2.42. The Balaban J connectivity index is 2.29. The van der Waals surface area contributed by atoms with Crippen molar-refractivity contribution in [2.24, 2.45) is 5.92 Å². The van der Waals surface area contributed by atoms with Crippen molar-refractivity contribution in [2.45, 2.75) is 32.3 Å². The van der Waals surface area contributed by atoms with Crippen molar-refractivity contribution in [3.63, 3.8) is 0 Å². The predicted octanol–water partition coefficient (Wildman–Crippen LogP) is 2.34. The summed E-state index contributed by atoms with van der Waals surface area (Å²) in [7, 11) is 0. The highest BCUT2D eigenvalue weighted by Gasteiger charge is 2.35. The maximum absolute atomic E-state index is 13.1. The molecule has 2 N–H and O–H groups in total. The van der Waals surface area contributed by atoms with E-state index in [1.54, 1.807) is 6.07 Å². The summed E-state index contributed by atoms with van der Waals surface area (Å²) in [5.74, 6) is -0.0516. The van der Waals surface area contributed by atoms with Gasteiger partial charge >= 0.3 is 0 Å². The molecule has 1 aromatic carbocycles. The lowest BCUT2D eigenvalue weighted by Gasteiger charge is -2.37. The standard InChI is InChI=1S/C14H20FNO/c1-10-8-12(15)5-6-13(10)14(2,17)11-4-3-7-16-9-11/h5-6,8,11,16-17H,3-4,7,9H2,1-2H3. The number of piperidine rings is 1. The van der Waals surface area contributed by atoms with Gasteiger partial charge in [0.1, 0.15) is 5.82 Å². The Kier molecular flexibility index (Phi) is 3.50. The van der Waals surface area contributed by atoms with Crippen molar-refractivity contribution in [3.05, 3.63) is 35.1 Å². The quantitative estimate of drug-likeness (QED) is 0.827. The molecule has 1 aromatic rings. The van der Waals surface area contributed by atoms with Gasteiger partial charge in [0.15, 0.2) is 0 Å². The van der Waals surface area contributed by atoms with E-state index in [-0.39, 0.29) is 11.7 Å². The summed E-state index contributed by atoms with van der Waals surface area (Å²) in [4.78, 5) is 0. The maximum Gasteiger partial charge on any atom is 0.123 e. The molecule has 1 saturated heterocycles. The summed E-state index contributed by atoms with van der Waals surface area (Å²) >= 11 is 0. The van der Waals surface area contributed by atoms with Crippen molar-refractivity contribution < 1.29 is 9.50 Å². The second-order valence-electron chi connectivity index (χ2n) is 5.15. The highest BCUT2D eigenvalue weighted by Crippen LogP contribution is 2.35. The number of aliphatic hydroxyl groups is 1. The van der Waals surface area contributed by atoms with Crippen LogP contribution in [0.15, 0.2) is 18.2 Å².